The molecule has 1 atom stereocenters. The molecule has 88 valence electrons. The summed E-state index contributed by atoms with van der Waals surface area (Å²) in [4.78, 5) is 11.5. The van der Waals surface area contributed by atoms with Crippen molar-refractivity contribution < 1.29 is 9.21 Å². The summed E-state index contributed by atoms with van der Waals surface area (Å²) in [6.45, 7) is 0. The fraction of sp³-hybridized carbons (Fsp3) is 0.154. The first-order valence-electron chi connectivity index (χ1n) is 5.14. The van der Waals surface area contributed by atoms with Crippen LogP contribution in [-0.4, -0.2) is 5.24 Å². The summed E-state index contributed by atoms with van der Waals surface area (Å²) in [5.74, 6) is 0.297. The first-order chi connectivity index (χ1) is 8.16. The van der Waals surface area contributed by atoms with E-state index in [-0.39, 0.29) is 0 Å². The number of hydrogen-bond acceptors (Lipinski definition) is 2. The lowest BCUT2D eigenvalue weighted by Gasteiger charge is -2.11. The molecule has 1 aromatic heterocycles. The summed E-state index contributed by atoms with van der Waals surface area (Å²) in [5.41, 5.74) is 0.800. The van der Waals surface area contributed by atoms with Gasteiger partial charge in [-0.15, -0.1) is 0 Å². The monoisotopic (exact) mass is 268 g/mol. The van der Waals surface area contributed by atoms with Gasteiger partial charge in [-0.3, -0.25) is 4.79 Å². The number of hydrogen-bond donors (Lipinski definition) is 0. The molecule has 0 spiro atoms. The minimum absolute atomic E-state index is 0.413. The molecule has 0 radical (unpaired) electrons. The van der Waals surface area contributed by atoms with E-state index < -0.39 is 11.2 Å². The van der Waals surface area contributed by atoms with Gasteiger partial charge >= 0.3 is 0 Å². The van der Waals surface area contributed by atoms with E-state index in [1.807, 2.05) is 12.1 Å². The molecule has 2 rings (SSSR count). The summed E-state index contributed by atoms with van der Waals surface area (Å²) in [7, 11) is 0. The average molecular weight is 269 g/mol. The normalized spacial score (nSPS) is 12.4. The molecular formula is C13H10Cl2O2. The van der Waals surface area contributed by atoms with Crippen LogP contribution in [-0.2, 0) is 11.2 Å². The Bertz CT molecular complexity index is 506. The van der Waals surface area contributed by atoms with Gasteiger partial charge < -0.3 is 4.42 Å². The zero-order valence-corrected chi connectivity index (χ0v) is 10.4. The van der Waals surface area contributed by atoms with Gasteiger partial charge in [-0.05, 0) is 41.4 Å². The minimum atomic E-state index is -0.429. The fourth-order valence-electron chi connectivity index (χ4n) is 1.68. The van der Waals surface area contributed by atoms with Crippen LogP contribution in [0.4, 0.5) is 0 Å². The third-order valence-electron chi connectivity index (χ3n) is 2.51. The largest absolute Gasteiger partial charge is 0.469 e. The lowest BCUT2D eigenvalue weighted by Crippen LogP contribution is -2.09. The van der Waals surface area contributed by atoms with E-state index in [0.717, 1.165) is 11.3 Å². The van der Waals surface area contributed by atoms with Crippen molar-refractivity contribution in [1.29, 1.82) is 0 Å². The van der Waals surface area contributed by atoms with Gasteiger partial charge in [0.1, 0.15) is 5.76 Å². The molecule has 4 heteroatoms. The summed E-state index contributed by atoms with van der Waals surface area (Å²) >= 11 is 11.5. The minimum Gasteiger partial charge on any atom is -0.469 e. The topological polar surface area (TPSA) is 30.2 Å². The number of rotatable bonds is 4. The molecule has 0 N–H and O–H groups in total. The Labute approximate surface area is 109 Å². The Balaban J connectivity index is 2.26. The number of furan rings is 1. The predicted octanol–water partition coefficient (Wildman–Crippen LogP) is 4.02. The van der Waals surface area contributed by atoms with Gasteiger partial charge in [0.15, 0.2) is 0 Å². The van der Waals surface area contributed by atoms with Crippen molar-refractivity contribution >= 4 is 28.4 Å². The highest BCUT2D eigenvalue weighted by Gasteiger charge is 2.20. The van der Waals surface area contributed by atoms with E-state index in [0.29, 0.717) is 11.4 Å². The Morgan fingerprint density at radius 2 is 2.12 bits per heavy atom. The summed E-state index contributed by atoms with van der Waals surface area (Å²) in [6, 6.07) is 10.7. The number of halogens is 2. The first-order valence-corrected chi connectivity index (χ1v) is 5.89. The van der Waals surface area contributed by atoms with Crippen LogP contribution < -0.4 is 0 Å². The molecule has 1 aromatic carbocycles. The second-order valence-corrected chi connectivity index (χ2v) is 4.50. The Kier molecular flexibility index (Phi) is 3.87. The lowest BCUT2D eigenvalue weighted by molar-refractivity contribution is -0.113. The highest BCUT2D eigenvalue weighted by atomic mass is 35.5. The van der Waals surface area contributed by atoms with Crippen molar-refractivity contribution in [2.45, 2.75) is 12.3 Å². The van der Waals surface area contributed by atoms with E-state index in [1.54, 1.807) is 30.5 Å². The number of carbonyl (C=O) groups is 1. The molecular weight excluding hydrogens is 259 g/mol. The van der Waals surface area contributed by atoms with Gasteiger partial charge in [0, 0.05) is 11.4 Å². The molecule has 2 aromatic rings. The van der Waals surface area contributed by atoms with E-state index in [1.165, 1.54) is 0 Å². The average Bonchev–Trinajstić information content (AvgIpc) is 2.78. The Morgan fingerprint density at radius 3 is 2.71 bits per heavy atom. The molecule has 0 aliphatic rings. The summed E-state index contributed by atoms with van der Waals surface area (Å²) < 4.78 is 5.22. The Hall–Kier alpha value is -1.25. The quantitative estimate of drug-likeness (QED) is 0.784. The Morgan fingerprint density at radius 1 is 1.29 bits per heavy atom. The van der Waals surface area contributed by atoms with Crippen LogP contribution in [0.1, 0.15) is 17.2 Å². The predicted molar refractivity (Wildman–Crippen MR) is 67.5 cm³/mol. The number of benzene rings is 1. The van der Waals surface area contributed by atoms with Gasteiger partial charge in [-0.25, -0.2) is 0 Å². The zero-order valence-electron chi connectivity index (χ0n) is 8.90. The molecule has 1 unspecified atom stereocenters. The van der Waals surface area contributed by atoms with E-state index in [9.17, 15) is 4.79 Å². The van der Waals surface area contributed by atoms with Crippen molar-refractivity contribution in [3.05, 3.63) is 59.0 Å². The van der Waals surface area contributed by atoms with Gasteiger partial charge in [0.05, 0.1) is 12.2 Å². The third-order valence-corrected chi connectivity index (χ3v) is 3.01. The standard InChI is InChI=1S/C13H10Cl2O2/c14-10-4-1-3-9(7-10)12(13(15)16)8-11-5-2-6-17-11/h1-7,12H,8H2. The highest BCUT2D eigenvalue weighted by molar-refractivity contribution is 6.64. The first kappa shape index (κ1) is 12.2. The lowest BCUT2D eigenvalue weighted by atomic mass is 9.96. The molecule has 1 heterocycles. The van der Waals surface area contributed by atoms with Crippen molar-refractivity contribution in [3.8, 4) is 0 Å². The maximum absolute atomic E-state index is 11.5. The van der Waals surface area contributed by atoms with E-state index in [2.05, 4.69) is 0 Å². The highest BCUT2D eigenvalue weighted by Crippen LogP contribution is 2.25. The molecule has 0 bridgehead atoms. The molecule has 0 aliphatic carbocycles. The van der Waals surface area contributed by atoms with Crippen LogP contribution in [0.5, 0.6) is 0 Å². The molecule has 0 saturated heterocycles. The van der Waals surface area contributed by atoms with Gasteiger partial charge in [-0.1, -0.05) is 23.7 Å². The fourth-order valence-corrected chi connectivity index (χ4v) is 2.08. The van der Waals surface area contributed by atoms with Gasteiger partial charge in [0.25, 0.3) is 0 Å². The maximum atomic E-state index is 11.5. The SMILES string of the molecule is O=C(Cl)C(Cc1ccco1)c1cccc(Cl)c1. The summed E-state index contributed by atoms with van der Waals surface area (Å²) in [5, 5.41) is 0.175. The molecule has 17 heavy (non-hydrogen) atoms. The maximum Gasteiger partial charge on any atom is 0.229 e. The number of carbonyl (C=O) groups excluding carboxylic acids is 1. The second kappa shape index (κ2) is 5.39. The van der Waals surface area contributed by atoms with Crippen LogP contribution in [0.25, 0.3) is 0 Å². The van der Waals surface area contributed by atoms with Crippen molar-refractivity contribution in [3.63, 3.8) is 0 Å². The van der Waals surface area contributed by atoms with E-state index in [4.69, 9.17) is 27.6 Å². The van der Waals surface area contributed by atoms with Crippen molar-refractivity contribution in [2.75, 3.05) is 0 Å². The molecule has 2 nitrogen and oxygen atoms in total. The van der Waals surface area contributed by atoms with Crippen LogP contribution in [0, 0.1) is 0 Å². The van der Waals surface area contributed by atoms with E-state index >= 15 is 0 Å². The molecule has 0 saturated carbocycles. The zero-order chi connectivity index (χ0) is 12.3. The smallest absolute Gasteiger partial charge is 0.229 e. The second-order valence-electron chi connectivity index (χ2n) is 3.70. The third kappa shape index (κ3) is 3.11. The van der Waals surface area contributed by atoms with Gasteiger partial charge in [0.2, 0.25) is 5.24 Å². The molecule has 0 amide bonds. The summed E-state index contributed by atoms with van der Waals surface area (Å²) in [6.07, 6.45) is 2.01. The van der Waals surface area contributed by atoms with Crippen molar-refractivity contribution in [2.24, 2.45) is 0 Å². The van der Waals surface area contributed by atoms with Gasteiger partial charge in [-0.2, -0.15) is 0 Å². The van der Waals surface area contributed by atoms with Crippen molar-refractivity contribution in [1.82, 2.24) is 0 Å². The van der Waals surface area contributed by atoms with Crippen LogP contribution >= 0.6 is 23.2 Å². The van der Waals surface area contributed by atoms with Crippen LogP contribution in [0.3, 0.4) is 0 Å². The van der Waals surface area contributed by atoms with Crippen LogP contribution in [0.2, 0.25) is 5.02 Å². The molecule has 0 fully saturated rings. The molecule has 0 aliphatic heterocycles. The van der Waals surface area contributed by atoms with Crippen LogP contribution in [0.15, 0.2) is 47.1 Å².